The number of fused-ring (bicyclic) bond motifs is 3. The molecule has 1 aliphatic carbocycles. The molecule has 0 bridgehead atoms. The number of methoxy groups -OCH3 is 1. The summed E-state index contributed by atoms with van der Waals surface area (Å²) in [6.45, 7) is 0.0628. The monoisotopic (exact) mass is 514 g/mol. The number of imide groups is 1. The van der Waals surface area contributed by atoms with Gasteiger partial charge in [-0.05, 0) is 39.9 Å². The fourth-order valence-corrected chi connectivity index (χ4v) is 4.78. The second kappa shape index (κ2) is 10.8. The molecule has 1 N–H and O–H groups in total. The van der Waals surface area contributed by atoms with Crippen molar-refractivity contribution in [2.24, 2.45) is 0 Å². The van der Waals surface area contributed by atoms with E-state index in [0.717, 1.165) is 22.3 Å². The van der Waals surface area contributed by atoms with Crippen molar-refractivity contribution in [1.29, 1.82) is 0 Å². The van der Waals surface area contributed by atoms with E-state index in [4.69, 9.17) is 14.3 Å². The lowest BCUT2D eigenvalue weighted by atomic mass is 9.98. The number of carbonyl (C=O) groups is 4. The number of benzene rings is 3. The van der Waals surface area contributed by atoms with Crippen molar-refractivity contribution in [2.75, 3.05) is 13.7 Å². The summed E-state index contributed by atoms with van der Waals surface area (Å²) in [5, 5.41) is 3.01. The molecule has 3 aromatic rings. The smallest absolute Gasteiger partial charge is 0.407 e. The van der Waals surface area contributed by atoms with Gasteiger partial charge in [0.25, 0.3) is 11.8 Å². The number of hydrogen-bond donors (Lipinski definition) is 1. The second-order valence-electron chi connectivity index (χ2n) is 9.07. The third-order valence-corrected chi connectivity index (χ3v) is 6.71. The maximum atomic E-state index is 13.0. The molecule has 1 heterocycles. The van der Waals surface area contributed by atoms with Gasteiger partial charge in [0.15, 0.2) is 0 Å². The summed E-state index contributed by atoms with van der Waals surface area (Å²) >= 11 is 0. The van der Waals surface area contributed by atoms with Gasteiger partial charge in [-0.2, -0.15) is 0 Å². The van der Waals surface area contributed by atoms with Crippen molar-refractivity contribution in [2.45, 2.75) is 31.2 Å². The molecule has 0 aromatic heterocycles. The largest absolute Gasteiger partial charge is 0.497 e. The zero-order chi connectivity index (χ0) is 26.6. The molecule has 9 nitrogen and oxygen atoms in total. The van der Waals surface area contributed by atoms with E-state index in [1.165, 1.54) is 7.11 Å². The zero-order valence-electron chi connectivity index (χ0n) is 20.7. The van der Waals surface area contributed by atoms with Crippen LogP contribution < -0.4 is 10.1 Å². The van der Waals surface area contributed by atoms with Crippen LogP contribution in [0.2, 0.25) is 0 Å². The van der Waals surface area contributed by atoms with Crippen LogP contribution in [0.15, 0.2) is 72.8 Å². The fourth-order valence-electron chi connectivity index (χ4n) is 4.78. The lowest BCUT2D eigenvalue weighted by molar-refractivity contribution is -0.198. The molecule has 1 fully saturated rings. The van der Waals surface area contributed by atoms with Gasteiger partial charge < -0.3 is 19.6 Å². The van der Waals surface area contributed by atoms with Crippen LogP contribution in [0.5, 0.6) is 5.75 Å². The molecule has 9 heteroatoms. The Bertz CT molecular complexity index is 1320. The predicted octanol–water partition coefficient (Wildman–Crippen LogP) is 3.75. The van der Waals surface area contributed by atoms with E-state index < -0.39 is 29.9 Å². The normalized spacial score (nSPS) is 15.0. The van der Waals surface area contributed by atoms with Gasteiger partial charge in [0.1, 0.15) is 18.4 Å². The Hall–Kier alpha value is -4.66. The fraction of sp³-hybridized carbons (Fsp3) is 0.241. The van der Waals surface area contributed by atoms with Crippen LogP contribution in [0.1, 0.15) is 35.4 Å². The third kappa shape index (κ3) is 5.08. The first kappa shape index (κ1) is 25.0. The van der Waals surface area contributed by atoms with Gasteiger partial charge in [-0.15, -0.1) is 5.06 Å². The standard InChI is InChI=1S/C29H26N2O7/c1-36-19-12-10-18(11-13-19)16-25(28(34)38-31-26(32)14-15-27(31)33)30-29(35)37-17-24-22-8-4-2-6-20(22)21-7-3-5-9-23(21)24/h2-13,24-25H,14-17H2,1H3,(H,30,35). The van der Waals surface area contributed by atoms with Crippen molar-refractivity contribution in [3.05, 3.63) is 89.5 Å². The van der Waals surface area contributed by atoms with E-state index in [0.29, 0.717) is 16.4 Å². The predicted molar refractivity (Wildman–Crippen MR) is 136 cm³/mol. The molecule has 38 heavy (non-hydrogen) atoms. The van der Waals surface area contributed by atoms with Crippen molar-refractivity contribution >= 4 is 23.9 Å². The second-order valence-corrected chi connectivity index (χ2v) is 9.07. The van der Waals surface area contributed by atoms with Crippen LogP contribution in [0.3, 0.4) is 0 Å². The first-order chi connectivity index (χ1) is 18.4. The average Bonchev–Trinajstić information content (AvgIpc) is 3.43. The molecule has 5 rings (SSSR count). The summed E-state index contributed by atoms with van der Waals surface area (Å²) in [6.07, 6.45) is -0.839. The number of nitrogens with one attached hydrogen (secondary N) is 1. The highest BCUT2D eigenvalue weighted by atomic mass is 16.7. The van der Waals surface area contributed by atoms with Gasteiger partial charge in [-0.3, -0.25) is 9.59 Å². The maximum Gasteiger partial charge on any atom is 0.407 e. The van der Waals surface area contributed by atoms with Crippen LogP contribution in [0.25, 0.3) is 11.1 Å². The number of ether oxygens (including phenoxy) is 2. The van der Waals surface area contributed by atoms with Gasteiger partial charge in [-0.25, -0.2) is 9.59 Å². The summed E-state index contributed by atoms with van der Waals surface area (Å²) in [6, 6.07) is 21.6. The lowest BCUT2D eigenvalue weighted by Gasteiger charge is -2.21. The van der Waals surface area contributed by atoms with Crippen molar-refractivity contribution in [1.82, 2.24) is 10.4 Å². The third-order valence-electron chi connectivity index (χ3n) is 6.71. The van der Waals surface area contributed by atoms with Crippen LogP contribution in [-0.4, -0.2) is 48.7 Å². The molecule has 0 radical (unpaired) electrons. The molecule has 0 saturated carbocycles. The number of amides is 3. The highest BCUT2D eigenvalue weighted by Gasteiger charge is 2.36. The molecule has 1 aliphatic heterocycles. The van der Waals surface area contributed by atoms with E-state index in [-0.39, 0.29) is 31.8 Å². The minimum atomic E-state index is -1.21. The molecule has 1 unspecified atom stereocenters. The molecular weight excluding hydrogens is 488 g/mol. The van der Waals surface area contributed by atoms with Crippen LogP contribution in [0.4, 0.5) is 4.79 Å². The Kier molecular flexibility index (Phi) is 7.08. The van der Waals surface area contributed by atoms with E-state index >= 15 is 0 Å². The van der Waals surface area contributed by atoms with E-state index in [1.807, 2.05) is 48.5 Å². The topological polar surface area (TPSA) is 111 Å². The summed E-state index contributed by atoms with van der Waals surface area (Å²) in [4.78, 5) is 54.8. The molecule has 1 saturated heterocycles. The van der Waals surface area contributed by atoms with Crippen LogP contribution >= 0.6 is 0 Å². The number of carbonyl (C=O) groups excluding carboxylic acids is 4. The Morgan fingerprint density at radius 2 is 1.47 bits per heavy atom. The van der Waals surface area contributed by atoms with Gasteiger partial charge in [0, 0.05) is 25.2 Å². The Morgan fingerprint density at radius 3 is 2.05 bits per heavy atom. The zero-order valence-corrected chi connectivity index (χ0v) is 20.7. The molecule has 194 valence electrons. The Balaban J connectivity index is 1.29. The van der Waals surface area contributed by atoms with Crippen molar-refractivity contribution < 1.29 is 33.5 Å². The maximum absolute atomic E-state index is 13.0. The number of rotatable bonds is 8. The van der Waals surface area contributed by atoms with Crippen molar-refractivity contribution in [3.8, 4) is 16.9 Å². The first-order valence-corrected chi connectivity index (χ1v) is 12.3. The molecule has 3 aromatic carbocycles. The molecule has 2 aliphatic rings. The van der Waals surface area contributed by atoms with E-state index in [9.17, 15) is 19.2 Å². The first-order valence-electron chi connectivity index (χ1n) is 12.3. The number of hydroxylamine groups is 2. The summed E-state index contributed by atoms with van der Waals surface area (Å²) in [5.74, 6) is -1.68. The van der Waals surface area contributed by atoms with E-state index in [2.05, 4.69) is 5.32 Å². The van der Waals surface area contributed by atoms with Crippen molar-refractivity contribution in [3.63, 3.8) is 0 Å². The van der Waals surface area contributed by atoms with Crippen LogP contribution in [-0.2, 0) is 30.4 Å². The minimum absolute atomic E-state index is 0.0327. The molecule has 3 amide bonds. The van der Waals surface area contributed by atoms with Gasteiger partial charge in [-0.1, -0.05) is 60.7 Å². The summed E-state index contributed by atoms with van der Waals surface area (Å²) in [5.41, 5.74) is 5.00. The van der Waals surface area contributed by atoms with Gasteiger partial charge in [0.05, 0.1) is 7.11 Å². The molecular formula is C29H26N2O7. The van der Waals surface area contributed by atoms with E-state index in [1.54, 1.807) is 24.3 Å². The molecule has 1 atom stereocenters. The summed E-state index contributed by atoms with van der Waals surface area (Å²) in [7, 11) is 1.54. The number of alkyl carbamates (subject to hydrolysis) is 1. The highest BCUT2D eigenvalue weighted by molar-refractivity contribution is 6.02. The number of nitrogens with zero attached hydrogens (tertiary/aromatic N) is 1. The van der Waals surface area contributed by atoms with Crippen LogP contribution in [0, 0.1) is 0 Å². The highest BCUT2D eigenvalue weighted by Crippen LogP contribution is 2.44. The minimum Gasteiger partial charge on any atom is -0.497 e. The van der Waals surface area contributed by atoms with Gasteiger partial charge in [0.2, 0.25) is 0 Å². The van der Waals surface area contributed by atoms with Gasteiger partial charge >= 0.3 is 12.1 Å². The SMILES string of the molecule is COc1ccc(CC(NC(=O)OCC2c3ccccc3-c3ccccc32)C(=O)ON2C(=O)CCC2=O)cc1. The number of hydrogen-bond acceptors (Lipinski definition) is 7. The quantitative estimate of drug-likeness (QED) is 0.456. The summed E-state index contributed by atoms with van der Waals surface area (Å²) < 4.78 is 10.7. The Labute approximate surface area is 219 Å². The Morgan fingerprint density at radius 1 is 0.895 bits per heavy atom. The molecule has 0 spiro atoms. The lowest BCUT2D eigenvalue weighted by Crippen LogP contribution is -2.46. The average molecular weight is 515 g/mol.